The van der Waals surface area contributed by atoms with Crippen molar-refractivity contribution in [1.29, 1.82) is 0 Å². The van der Waals surface area contributed by atoms with Gasteiger partial charge in [0.2, 0.25) is 0 Å². The lowest BCUT2D eigenvalue weighted by molar-refractivity contribution is -0.870. The fourth-order valence-electron chi connectivity index (χ4n) is 6.15. The van der Waals surface area contributed by atoms with Crippen molar-refractivity contribution < 1.29 is 42.1 Å². The lowest BCUT2D eigenvalue weighted by Crippen LogP contribution is -2.37. The SMILES string of the molecule is CCCCCCCCCCCCCCCC/C=C/CC/C=C/CCCC(=O)O[C@H](COC(=O)CCCCCCCCCC)COP(=O)(O)OCC[N+](C)(C)C. The zero-order valence-corrected chi connectivity index (χ0v) is 37.3. The summed E-state index contributed by atoms with van der Waals surface area (Å²) in [6.45, 7) is 4.36. The van der Waals surface area contributed by atoms with E-state index in [2.05, 4.69) is 38.2 Å². The van der Waals surface area contributed by atoms with Crippen molar-refractivity contribution in [3.63, 3.8) is 0 Å². The Bertz CT molecular complexity index is 996. The van der Waals surface area contributed by atoms with Crippen molar-refractivity contribution in [3.05, 3.63) is 24.3 Å². The summed E-state index contributed by atoms with van der Waals surface area (Å²) in [6, 6.07) is 0. The molecule has 0 amide bonds. The van der Waals surface area contributed by atoms with E-state index in [0.717, 1.165) is 44.9 Å². The molecule has 2 atom stereocenters. The number of quaternary nitrogens is 1. The first-order valence-electron chi connectivity index (χ1n) is 22.6. The first-order chi connectivity index (χ1) is 26.5. The predicted molar refractivity (Wildman–Crippen MR) is 229 cm³/mol. The first-order valence-corrected chi connectivity index (χ1v) is 24.1. The van der Waals surface area contributed by atoms with Crippen molar-refractivity contribution in [1.82, 2.24) is 0 Å². The van der Waals surface area contributed by atoms with Crippen molar-refractivity contribution in [2.75, 3.05) is 47.5 Å². The maximum absolute atomic E-state index is 12.6. The lowest BCUT2D eigenvalue weighted by Gasteiger charge is -2.24. The first kappa shape index (κ1) is 53.5. The summed E-state index contributed by atoms with van der Waals surface area (Å²) >= 11 is 0. The van der Waals surface area contributed by atoms with E-state index in [0.29, 0.717) is 17.4 Å². The maximum Gasteiger partial charge on any atom is 0.472 e. The van der Waals surface area contributed by atoms with E-state index in [1.165, 1.54) is 122 Å². The number of hydrogen-bond acceptors (Lipinski definition) is 7. The number of phosphoric acid groups is 1. The summed E-state index contributed by atoms with van der Waals surface area (Å²) in [6.07, 6.45) is 41.2. The topological polar surface area (TPSA) is 108 Å². The van der Waals surface area contributed by atoms with Crippen LogP contribution in [-0.2, 0) is 32.7 Å². The quantitative estimate of drug-likeness (QED) is 0.0214. The molecule has 1 unspecified atom stereocenters. The molecule has 9 nitrogen and oxygen atoms in total. The highest BCUT2D eigenvalue weighted by atomic mass is 31.2. The van der Waals surface area contributed by atoms with Crippen LogP contribution in [0.2, 0.25) is 0 Å². The third kappa shape index (κ3) is 41.9. The Kier molecular flexibility index (Phi) is 37.0. The Labute approximate surface area is 339 Å². The van der Waals surface area contributed by atoms with Crippen LogP contribution in [0.25, 0.3) is 0 Å². The Hall–Kier alpha value is -1.51. The number of esters is 2. The van der Waals surface area contributed by atoms with Crippen LogP contribution in [0.1, 0.15) is 200 Å². The number of allylic oxidation sites excluding steroid dienone is 4. The number of unbranched alkanes of at least 4 members (excludes halogenated alkanes) is 23. The number of phosphoric ester groups is 1. The van der Waals surface area contributed by atoms with Gasteiger partial charge in [0.1, 0.15) is 19.8 Å². The summed E-state index contributed by atoms with van der Waals surface area (Å²) in [5.74, 6) is -0.848. The van der Waals surface area contributed by atoms with Gasteiger partial charge in [-0.2, -0.15) is 0 Å². The van der Waals surface area contributed by atoms with Crippen LogP contribution in [0.3, 0.4) is 0 Å². The second-order valence-electron chi connectivity index (χ2n) is 16.4. The second-order valence-corrected chi connectivity index (χ2v) is 17.9. The summed E-state index contributed by atoms with van der Waals surface area (Å²) in [5.41, 5.74) is 0. The van der Waals surface area contributed by atoms with Crippen LogP contribution in [0, 0.1) is 0 Å². The van der Waals surface area contributed by atoms with E-state index in [9.17, 15) is 19.0 Å². The van der Waals surface area contributed by atoms with Crippen LogP contribution in [-0.4, -0.2) is 74.9 Å². The van der Waals surface area contributed by atoms with E-state index in [-0.39, 0.29) is 32.0 Å². The van der Waals surface area contributed by atoms with E-state index in [1.54, 1.807) is 0 Å². The Morgan fingerprint density at radius 3 is 1.45 bits per heavy atom. The third-order valence-electron chi connectivity index (χ3n) is 9.71. The van der Waals surface area contributed by atoms with Crippen LogP contribution >= 0.6 is 7.82 Å². The van der Waals surface area contributed by atoms with Gasteiger partial charge in [0.25, 0.3) is 0 Å². The molecule has 0 saturated carbocycles. The number of hydrogen-bond donors (Lipinski definition) is 1. The Morgan fingerprint density at radius 1 is 0.545 bits per heavy atom. The minimum absolute atomic E-state index is 0.0265. The average Bonchev–Trinajstić information content (AvgIpc) is 3.13. The standard InChI is InChI=1S/C45H86NO8P/c1-6-8-10-12-14-16-17-18-19-20-21-22-23-24-25-26-27-28-29-30-32-34-36-38-45(48)54-43(42-53-55(49,50)52-40-39-46(3,4)5)41-51-44(47)37-35-33-31-15-13-11-9-7-2/h26-27,30,32,43H,6-25,28-29,31,33-42H2,1-5H3/p+1/b27-26+,32-30+/t43-/m1/s1. The fraction of sp³-hybridized carbons (Fsp3) is 0.867. The van der Waals surface area contributed by atoms with Crippen molar-refractivity contribution in [3.8, 4) is 0 Å². The molecule has 1 N–H and O–H groups in total. The molecule has 0 radical (unpaired) electrons. The lowest BCUT2D eigenvalue weighted by atomic mass is 10.0. The Balaban J connectivity index is 4.25. The Morgan fingerprint density at radius 2 is 0.964 bits per heavy atom. The number of rotatable bonds is 41. The summed E-state index contributed by atoms with van der Waals surface area (Å²) in [7, 11) is 1.46. The molecule has 324 valence electrons. The number of nitrogens with zero attached hydrogens (tertiary/aromatic N) is 1. The smallest absolute Gasteiger partial charge is 0.462 e. The van der Waals surface area contributed by atoms with Crippen LogP contribution in [0.15, 0.2) is 24.3 Å². The maximum atomic E-state index is 12.6. The van der Waals surface area contributed by atoms with Gasteiger partial charge in [-0.1, -0.05) is 167 Å². The number of ether oxygens (including phenoxy) is 2. The fourth-order valence-corrected chi connectivity index (χ4v) is 6.89. The molecule has 10 heteroatoms. The number of carbonyl (C=O) groups excluding carboxylic acids is 2. The van der Waals surface area contributed by atoms with Crippen molar-refractivity contribution in [2.24, 2.45) is 0 Å². The van der Waals surface area contributed by atoms with Crippen LogP contribution < -0.4 is 0 Å². The van der Waals surface area contributed by atoms with Gasteiger partial charge in [0.15, 0.2) is 6.10 Å². The van der Waals surface area contributed by atoms with Crippen LogP contribution in [0.4, 0.5) is 0 Å². The minimum Gasteiger partial charge on any atom is -0.462 e. The molecule has 0 fully saturated rings. The van der Waals surface area contributed by atoms with Gasteiger partial charge in [-0.3, -0.25) is 18.6 Å². The molecule has 0 aromatic rings. The van der Waals surface area contributed by atoms with Gasteiger partial charge in [-0.25, -0.2) is 4.57 Å². The molecule has 0 bridgehead atoms. The molecule has 0 aromatic carbocycles. The number of likely N-dealkylation sites (N-methyl/N-ethyl adjacent to an activating group) is 1. The summed E-state index contributed by atoms with van der Waals surface area (Å²) in [4.78, 5) is 35.2. The van der Waals surface area contributed by atoms with Crippen LogP contribution in [0.5, 0.6) is 0 Å². The van der Waals surface area contributed by atoms with Gasteiger partial charge < -0.3 is 18.9 Å². The highest BCUT2D eigenvalue weighted by Gasteiger charge is 2.27. The zero-order chi connectivity index (χ0) is 40.7. The average molecular weight is 801 g/mol. The van der Waals surface area contributed by atoms with Crippen molar-refractivity contribution in [2.45, 2.75) is 206 Å². The van der Waals surface area contributed by atoms with Crippen molar-refractivity contribution >= 4 is 19.8 Å². The molecule has 0 rings (SSSR count). The van der Waals surface area contributed by atoms with Gasteiger partial charge in [-0.05, 0) is 44.9 Å². The van der Waals surface area contributed by atoms with E-state index in [4.69, 9.17) is 18.5 Å². The van der Waals surface area contributed by atoms with E-state index >= 15 is 0 Å². The molecular weight excluding hydrogens is 713 g/mol. The molecule has 0 aliphatic heterocycles. The highest BCUT2D eigenvalue weighted by Crippen LogP contribution is 2.43. The zero-order valence-electron chi connectivity index (χ0n) is 36.4. The van der Waals surface area contributed by atoms with E-state index < -0.39 is 26.5 Å². The highest BCUT2D eigenvalue weighted by molar-refractivity contribution is 7.47. The molecular formula is C45H87NO8P+. The second kappa shape index (κ2) is 38.0. The molecule has 0 saturated heterocycles. The van der Waals surface area contributed by atoms with Gasteiger partial charge >= 0.3 is 19.8 Å². The third-order valence-corrected chi connectivity index (χ3v) is 10.7. The minimum atomic E-state index is -4.38. The molecule has 0 heterocycles. The summed E-state index contributed by atoms with van der Waals surface area (Å²) < 4.78 is 34.1. The predicted octanol–water partition coefficient (Wildman–Crippen LogP) is 12.7. The normalized spacial score (nSPS) is 13.8. The monoisotopic (exact) mass is 801 g/mol. The molecule has 0 aromatic heterocycles. The molecule has 0 spiro atoms. The van der Waals surface area contributed by atoms with Gasteiger partial charge in [0.05, 0.1) is 27.7 Å². The van der Waals surface area contributed by atoms with Gasteiger partial charge in [0, 0.05) is 12.8 Å². The molecule has 55 heavy (non-hydrogen) atoms. The largest absolute Gasteiger partial charge is 0.472 e. The van der Waals surface area contributed by atoms with E-state index in [1.807, 2.05) is 21.1 Å². The van der Waals surface area contributed by atoms with Gasteiger partial charge in [-0.15, -0.1) is 0 Å². The molecule has 0 aliphatic rings. The molecule has 0 aliphatic carbocycles. The number of carbonyl (C=O) groups is 2. The summed E-state index contributed by atoms with van der Waals surface area (Å²) in [5, 5.41) is 0.